The monoisotopic (exact) mass is 267 g/mol. The standard InChI is InChI=1S/C12H8F3N3O/c13-12(14,15)7-3-5-17-9(6-7)10-8(11(16)19)2-1-4-18-10/h1-6H,(H2,16,19). The Bertz CT molecular complexity index is 626. The van der Waals surface area contributed by atoms with Crippen molar-refractivity contribution in [2.75, 3.05) is 0 Å². The third kappa shape index (κ3) is 2.70. The number of pyridine rings is 2. The summed E-state index contributed by atoms with van der Waals surface area (Å²) in [5, 5.41) is 0. The van der Waals surface area contributed by atoms with E-state index < -0.39 is 17.6 Å². The molecule has 0 radical (unpaired) electrons. The highest BCUT2D eigenvalue weighted by molar-refractivity contribution is 5.98. The van der Waals surface area contributed by atoms with Crippen LogP contribution in [0.4, 0.5) is 13.2 Å². The maximum absolute atomic E-state index is 12.6. The van der Waals surface area contributed by atoms with Crippen LogP contribution in [0.2, 0.25) is 0 Å². The zero-order valence-corrected chi connectivity index (χ0v) is 9.48. The Morgan fingerprint density at radius 1 is 1.16 bits per heavy atom. The molecule has 0 bridgehead atoms. The Morgan fingerprint density at radius 2 is 1.89 bits per heavy atom. The first-order valence-corrected chi connectivity index (χ1v) is 5.18. The lowest BCUT2D eigenvalue weighted by molar-refractivity contribution is -0.137. The Kier molecular flexibility index (Phi) is 3.20. The largest absolute Gasteiger partial charge is 0.416 e. The lowest BCUT2D eigenvalue weighted by Gasteiger charge is -2.09. The second-order valence-corrected chi connectivity index (χ2v) is 3.69. The van der Waals surface area contributed by atoms with Gasteiger partial charge in [-0.3, -0.25) is 14.8 Å². The number of amides is 1. The van der Waals surface area contributed by atoms with Gasteiger partial charge in [0.25, 0.3) is 5.91 Å². The lowest BCUT2D eigenvalue weighted by Crippen LogP contribution is -2.13. The summed E-state index contributed by atoms with van der Waals surface area (Å²) < 4.78 is 37.8. The molecular formula is C12H8F3N3O. The number of alkyl halides is 3. The summed E-state index contributed by atoms with van der Waals surface area (Å²) in [6.07, 6.45) is -2.12. The Balaban J connectivity index is 2.57. The smallest absolute Gasteiger partial charge is 0.366 e. The fourth-order valence-corrected chi connectivity index (χ4v) is 1.54. The van der Waals surface area contributed by atoms with E-state index in [-0.39, 0.29) is 17.0 Å². The summed E-state index contributed by atoms with van der Waals surface area (Å²) in [5.74, 6) is -0.776. The van der Waals surface area contributed by atoms with Crippen molar-refractivity contribution in [3.05, 3.63) is 47.8 Å². The first kappa shape index (κ1) is 13.0. The third-order valence-electron chi connectivity index (χ3n) is 2.40. The fourth-order valence-electron chi connectivity index (χ4n) is 1.54. The molecule has 0 fully saturated rings. The summed E-state index contributed by atoms with van der Waals surface area (Å²) in [6.45, 7) is 0. The minimum Gasteiger partial charge on any atom is -0.366 e. The highest BCUT2D eigenvalue weighted by atomic mass is 19.4. The number of halogens is 3. The minimum absolute atomic E-state index is 0.0225. The first-order valence-electron chi connectivity index (χ1n) is 5.18. The molecule has 2 N–H and O–H groups in total. The fraction of sp³-hybridized carbons (Fsp3) is 0.0833. The number of nitrogens with zero attached hydrogens (tertiary/aromatic N) is 2. The third-order valence-corrected chi connectivity index (χ3v) is 2.40. The molecule has 0 spiro atoms. The predicted octanol–water partition coefficient (Wildman–Crippen LogP) is 2.26. The van der Waals surface area contributed by atoms with Crippen LogP contribution in [-0.2, 0) is 6.18 Å². The summed E-state index contributed by atoms with van der Waals surface area (Å²) in [6, 6.07) is 4.52. The highest BCUT2D eigenvalue weighted by Gasteiger charge is 2.31. The van der Waals surface area contributed by atoms with Gasteiger partial charge in [0.05, 0.1) is 16.8 Å². The van der Waals surface area contributed by atoms with Crippen molar-refractivity contribution in [1.82, 2.24) is 9.97 Å². The summed E-state index contributed by atoms with van der Waals surface area (Å²) in [5.41, 5.74) is 4.28. The molecular weight excluding hydrogens is 259 g/mol. The summed E-state index contributed by atoms with van der Waals surface area (Å²) in [4.78, 5) is 18.9. The molecule has 1 amide bonds. The zero-order chi connectivity index (χ0) is 14.0. The van der Waals surface area contributed by atoms with E-state index in [0.29, 0.717) is 0 Å². The molecule has 0 aliphatic rings. The van der Waals surface area contributed by atoms with Gasteiger partial charge in [-0.15, -0.1) is 0 Å². The van der Waals surface area contributed by atoms with E-state index in [1.807, 2.05) is 0 Å². The molecule has 0 aliphatic carbocycles. The minimum atomic E-state index is -4.49. The number of primary amides is 1. The molecule has 0 aromatic carbocycles. The van der Waals surface area contributed by atoms with E-state index in [4.69, 9.17) is 5.73 Å². The van der Waals surface area contributed by atoms with Crippen LogP contribution in [0.3, 0.4) is 0 Å². The lowest BCUT2D eigenvalue weighted by atomic mass is 10.1. The molecule has 0 atom stereocenters. The van der Waals surface area contributed by atoms with Gasteiger partial charge in [0.15, 0.2) is 0 Å². The Labute approximate surface area is 106 Å². The normalized spacial score (nSPS) is 11.3. The Morgan fingerprint density at radius 3 is 2.53 bits per heavy atom. The van der Waals surface area contributed by atoms with E-state index in [9.17, 15) is 18.0 Å². The van der Waals surface area contributed by atoms with Gasteiger partial charge in [0.2, 0.25) is 0 Å². The first-order chi connectivity index (χ1) is 8.89. The van der Waals surface area contributed by atoms with Gasteiger partial charge < -0.3 is 5.73 Å². The second-order valence-electron chi connectivity index (χ2n) is 3.69. The van der Waals surface area contributed by atoms with Crippen molar-refractivity contribution in [3.63, 3.8) is 0 Å². The van der Waals surface area contributed by atoms with Crippen molar-refractivity contribution in [2.45, 2.75) is 6.18 Å². The molecule has 0 unspecified atom stereocenters. The molecule has 7 heteroatoms. The van der Waals surface area contributed by atoms with Gasteiger partial charge in [-0.05, 0) is 24.3 Å². The zero-order valence-electron chi connectivity index (χ0n) is 9.48. The van der Waals surface area contributed by atoms with Crippen LogP contribution in [0, 0.1) is 0 Å². The summed E-state index contributed by atoms with van der Waals surface area (Å²) in [7, 11) is 0. The average Bonchev–Trinajstić information content (AvgIpc) is 2.38. The molecule has 2 heterocycles. The van der Waals surface area contributed by atoms with E-state index in [2.05, 4.69) is 9.97 Å². The molecule has 0 saturated carbocycles. The van der Waals surface area contributed by atoms with E-state index in [0.717, 1.165) is 18.3 Å². The van der Waals surface area contributed by atoms with Crippen molar-refractivity contribution in [1.29, 1.82) is 0 Å². The number of rotatable bonds is 2. The summed E-state index contributed by atoms with van der Waals surface area (Å²) >= 11 is 0. The number of hydrogen-bond acceptors (Lipinski definition) is 3. The van der Waals surface area contributed by atoms with Gasteiger partial charge in [-0.1, -0.05) is 0 Å². The molecule has 2 rings (SSSR count). The van der Waals surface area contributed by atoms with Crippen LogP contribution < -0.4 is 5.73 Å². The maximum atomic E-state index is 12.6. The SMILES string of the molecule is NC(=O)c1cccnc1-c1cc(C(F)(F)F)ccn1. The van der Waals surface area contributed by atoms with Crippen molar-refractivity contribution in [3.8, 4) is 11.4 Å². The van der Waals surface area contributed by atoms with Gasteiger partial charge in [-0.2, -0.15) is 13.2 Å². The van der Waals surface area contributed by atoms with Crippen LogP contribution in [0.1, 0.15) is 15.9 Å². The number of nitrogens with two attached hydrogens (primary N) is 1. The van der Waals surface area contributed by atoms with E-state index in [1.165, 1.54) is 18.3 Å². The number of aromatic nitrogens is 2. The van der Waals surface area contributed by atoms with Crippen LogP contribution in [-0.4, -0.2) is 15.9 Å². The maximum Gasteiger partial charge on any atom is 0.416 e. The van der Waals surface area contributed by atoms with Crippen molar-refractivity contribution in [2.24, 2.45) is 5.73 Å². The number of carbonyl (C=O) groups excluding carboxylic acids is 1. The van der Waals surface area contributed by atoms with Gasteiger partial charge in [0.1, 0.15) is 5.69 Å². The highest BCUT2D eigenvalue weighted by Crippen LogP contribution is 2.31. The average molecular weight is 267 g/mol. The molecule has 98 valence electrons. The van der Waals surface area contributed by atoms with Gasteiger partial charge >= 0.3 is 6.18 Å². The molecule has 2 aromatic heterocycles. The number of carbonyl (C=O) groups is 1. The van der Waals surface area contributed by atoms with E-state index >= 15 is 0 Å². The number of hydrogen-bond donors (Lipinski definition) is 1. The molecule has 0 saturated heterocycles. The topological polar surface area (TPSA) is 68.9 Å². The molecule has 19 heavy (non-hydrogen) atoms. The van der Waals surface area contributed by atoms with E-state index in [1.54, 1.807) is 0 Å². The molecule has 0 aliphatic heterocycles. The molecule has 2 aromatic rings. The van der Waals surface area contributed by atoms with Crippen LogP contribution >= 0.6 is 0 Å². The van der Waals surface area contributed by atoms with Crippen LogP contribution in [0.5, 0.6) is 0 Å². The quantitative estimate of drug-likeness (QED) is 0.907. The van der Waals surface area contributed by atoms with Gasteiger partial charge in [0, 0.05) is 12.4 Å². The van der Waals surface area contributed by atoms with Crippen LogP contribution in [0.25, 0.3) is 11.4 Å². The van der Waals surface area contributed by atoms with Crippen LogP contribution in [0.15, 0.2) is 36.7 Å². The molecule has 4 nitrogen and oxygen atoms in total. The van der Waals surface area contributed by atoms with Crippen molar-refractivity contribution < 1.29 is 18.0 Å². The van der Waals surface area contributed by atoms with Gasteiger partial charge in [-0.25, -0.2) is 0 Å². The van der Waals surface area contributed by atoms with Crippen molar-refractivity contribution >= 4 is 5.91 Å². The predicted molar refractivity (Wildman–Crippen MR) is 61.0 cm³/mol. The second kappa shape index (κ2) is 4.68. The Hall–Kier alpha value is -2.44.